The van der Waals surface area contributed by atoms with E-state index in [1.165, 1.54) is 25.9 Å². The fourth-order valence-electron chi connectivity index (χ4n) is 4.67. The van der Waals surface area contributed by atoms with E-state index in [1.807, 2.05) is 10.6 Å². The zero-order valence-corrected chi connectivity index (χ0v) is 20.3. The third kappa shape index (κ3) is 4.55. The highest BCUT2D eigenvalue weighted by molar-refractivity contribution is 5.73. The summed E-state index contributed by atoms with van der Waals surface area (Å²) in [5.74, 6) is 1.47. The van der Waals surface area contributed by atoms with E-state index in [0.717, 1.165) is 48.8 Å². The van der Waals surface area contributed by atoms with E-state index in [1.54, 1.807) is 23.4 Å². The molecule has 6 rings (SSSR count). The summed E-state index contributed by atoms with van der Waals surface area (Å²) in [6.45, 7) is 4.36. The molecule has 0 radical (unpaired) electrons. The Morgan fingerprint density at radius 3 is 2.69 bits per heavy atom. The largest absolute Gasteiger partial charge is 0.372 e. The van der Waals surface area contributed by atoms with Crippen LogP contribution in [0.25, 0.3) is 11.3 Å². The van der Waals surface area contributed by atoms with Crippen LogP contribution in [0.4, 0.5) is 23.0 Å². The van der Waals surface area contributed by atoms with Crippen molar-refractivity contribution in [3.8, 4) is 11.8 Å². The molecule has 1 saturated carbocycles. The summed E-state index contributed by atoms with van der Waals surface area (Å²) in [7, 11) is 2.13. The molecule has 0 bridgehead atoms. The van der Waals surface area contributed by atoms with E-state index in [9.17, 15) is 5.26 Å². The van der Waals surface area contributed by atoms with Crippen LogP contribution in [0.1, 0.15) is 31.2 Å². The minimum Gasteiger partial charge on any atom is -0.372 e. The van der Waals surface area contributed by atoms with Gasteiger partial charge in [0.2, 0.25) is 0 Å². The van der Waals surface area contributed by atoms with Crippen LogP contribution in [-0.2, 0) is 0 Å². The number of benzene rings is 1. The first-order valence-corrected chi connectivity index (χ1v) is 12.4. The summed E-state index contributed by atoms with van der Waals surface area (Å²) < 4.78 is 3.62. The third-order valence-electron chi connectivity index (χ3n) is 6.83. The Morgan fingerprint density at radius 1 is 1.14 bits per heavy atom. The van der Waals surface area contributed by atoms with Gasteiger partial charge in [0.05, 0.1) is 17.6 Å². The molecule has 184 valence electrons. The van der Waals surface area contributed by atoms with Crippen LogP contribution in [-0.4, -0.2) is 73.5 Å². The molecule has 2 aliphatic rings. The molecule has 4 aromatic rings. The summed E-state index contributed by atoms with van der Waals surface area (Å²) in [4.78, 5) is 9.49. The second kappa shape index (κ2) is 9.47. The number of aromatic nitrogens is 6. The Labute approximate surface area is 209 Å². The van der Waals surface area contributed by atoms with Crippen LogP contribution >= 0.6 is 0 Å². The van der Waals surface area contributed by atoms with Crippen molar-refractivity contribution in [1.82, 2.24) is 34.3 Å². The Balaban J connectivity index is 1.30. The van der Waals surface area contributed by atoms with Crippen LogP contribution in [0.3, 0.4) is 0 Å². The maximum atomic E-state index is 9.52. The van der Waals surface area contributed by atoms with Crippen molar-refractivity contribution < 1.29 is 0 Å². The first-order chi connectivity index (χ1) is 17.7. The molecule has 0 spiro atoms. The summed E-state index contributed by atoms with van der Waals surface area (Å²) >= 11 is 0. The minimum atomic E-state index is 0.439. The van der Waals surface area contributed by atoms with Crippen molar-refractivity contribution in [3.05, 3.63) is 48.7 Å². The number of fused-ring (bicyclic) bond motifs is 1. The molecular weight excluding hydrogens is 454 g/mol. The molecule has 1 aromatic carbocycles. The second-order valence-corrected chi connectivity index (χ2v) is 9.52. The summed E-state index contributed by atoms with van der Waals surface area (Å²) in [6, 6.07) is 10.8. The Kier molecular flexibility index (Phi) is 5.87. The van der Waals surface area contributed by atoms with Crippen molar-refractivity contribution in [3.63, 3.8) is 0 Å². The van der Waals surface area contributed by atoms with E-state index in [2.05, 4.69) is 67.0 Å². The number of likely N-dealkylation sites (tertiary alicyclic amines) is 1. The SMILES string of the molecule is CN(CCN1CCCC1)c1ccc(Nc2cc(NC3CC3)n3ncc(C#N)c3n2)cc1-n1cnnc1. The fourth-order valence-corrected chi connectivity index (χ4v) is 4.67. The second-order valence-electron chi connectivity index (χ2n) is 9.52. The van der Waals surface area contributed by atoms with Gasteiger partial charge in [0.1, 0.15) is 35.9 Å². The van der Waals surface area contributed by atoms with Crippen LogP contribution in [0.15, 0.2) is 43.1 Å². The van der Waals surface area contributed by atoms with Gasteiger partial charge in [-0.1, -0.05) is 0 Å². The average molecular weight is 484 g/mol. The number of nitrogens with zero attached hydrogens (tertiary/aromatic N) is 9. The van der Waals surface area contributed by atoms with E-state index >= 15 is 0 Å². The molecule has 2 N–H and O–H groups in total. The minimum absolute atomic E-state index is 0.439. The lowest BCUT2D eigenvalue weighted by Crippen LogP contribution is -2.31. The summed E-state index contributed by atoms with van der Waals surface area (Å²) in [5, 5.41) is 28.8. The highest BCUT2D eigenvalue weighted by Crippen LogP contribution is 2.31. The predicted molar refractivity (Wildman–Crippen MR) is 138 cm³/mol. The van der Waals surface area contributed by atoms with Crippen molar-refractivity contribution in [2.75, 3.05) is 48.8 Å². The molecule has 2 fully saturated rings. The molecule has 36 heavy (non-hydrogen) atoms. The van der Waals surface area contributed by atoms with Gasteiger partial charge in [-0.15, -0.1) is 10.2 Å². The van der Waals surface area contributed by atoms with E-state index in [4.69, 9.17) is 4.98 Å². The molecular formula is C25H29N11. The van der Waals surface area contributed by atoms with E-state index in [-0.39, 0.29) is 0 Å². The van der Waals surface area contributed by atoms with Crippen molar-refractivity contribution in [2.45, 2.75) is 31.7 Å². The third-order valence-corrected chi connectivity index (χ3v) is 6.83. The van der Waals surface area contributed by atoms with Gasteiger partial charge < -0.3 is 20.4 Å². The summed E-state index contributed by atoms with van der Waals surface area (Å²) in [5.41, 5.74) is 3.93. The highest BCUT2D eigenvalue weighted by atomic mass is 15.3. The normalized spacial score (nSPS) is 15.8. The molecule has 1 aliphatic carbocycles. The molecule has 0 atom stereocenters. The predicted octanol–water partition coefficient (Wildman–Crippen LogP) is 3.03. The van der Waals surface area contributed by atoms with Crippen molar-refractivity contribution >= 4 is 28.7 Å². The highest BCUT2D eigenvalue weighted by Gasteiger charge is 2.23. The number of nitriles is 1. The van der Waals surface area contributed by atoms with E-state index in [0.29, 0.717) is 23.1 Å². The molecule has 1 saturated heterocycles. The zero-order valence-electron chi connectivity index (χ0n) is 20.3. The van der Waals surface area contributed by atoms with Gasteiger partial charge in [-0.25, -0.2) is 4.98 Å². The first-order valence-electron chi connectivity index (χ1n) is 12.4. The monoisotopic (exact) mass is 483 g/mol. The van der Waals surface area contributed by atoms with Crippen molar-refractivity contribution in [1.29, 1.82) is 5.26 Å². The van der Waals surface area contributed by atoms with Gasteiger partial charge in [-0.2, -0.15) is 14.9 Å². The lowest BCUT2D eigenvalue weighted by Gasteiger charge is -2.26. The lowest BCUT2D eigenvalue weighted by molar-refractivity contribution is 0.346. The van der Waals surface area contributed by atoms with Crippen molar-refractivity contribution in [2.24, 2.45) is 0 Å². The molecule has 11 heteroatoms. The number of likely N-dealkylation sites (N-methyl/N-ethyl adjacent to an activating group) is 1. The number of anilines is 4. The topological polar surface area (TPSA) is 115 Å². The van der Waals surface area contributed by atoms with Gasteiger partial charge >= 0.3 is 0 Å². The van der Waals surface area contributed by atoms with Gasteiger partial charge in [0.15, 0.2) is 5.65 Å². The Bertz CT molecular complexity index is 1390. The van der Waals surface area contributed by atoms with Gasteiger partial charge in [0.25, 0.3) is 0 Å². The number of nitrogens with one attached hydrogen (secondary N) is 2. The van der Waals surface area contributed by atoms with E-state index < -0.39 is 0 Å². The first kappa shape index (κ1) is 22.3. The fraction of sp³-hybridized carbons (Fsp3) is 0.400. The lowest BCUT2D eigenvalue weighted by atomic mass is 10.2. The molecule has 0 unspecified atom stereocenters. The maximum absolute atomic E-state index is 9.52. The molecule has 1 aliphatic heterocycles. The Hall–Kier alpha value is -4.17. The zero-order chi connectivity index (χ0) is 24.5. The van der Waals surface area contributed by atoms with Gasteiger partial charge in [-0.3, -0.25) is 4.57 Å². The molecule has 4 heterocycles. The molecule has 11 nitrogen and oxygen atoms in total. The van der Waals surface area contributed by atoms with Gasteiger partial charge in [-0.05, 0) is 57.0 Å². The van der Waals surface area contributed by atoms with Crippen LogP contribution in [0.5, 0.6) is 0 Å². The smallest absolute Gasteiger partial charge is 0.177 e. The molecule has 0 amide bonds. The standard InChI is InChI=1S/C25H29N11/c1-33(10-11-34-8-2-3-9-34)21-7-6-20(12-22(21)35-16-27-28-17-35)30-23-13-24(31-19-4-5-19)36-25(32-23)18(14-26)15-29-36/h6-7,12-13,15-17,19,31H,2-5,8-11H2,1H3,(H,30,32). The number of hydrogen-bond donors (Lipinski definition) is 2. The number of rotatable bonds is 9. The van der Waals surface area contributed by atoms with Gasteiger partial charge in [0, 0.05) is 37.9 Å². The Morgan fingerprint density at radius 2 is 1.94 bits per heavy atom. The summed E-state index contributed by atoms with van der Waals surface area (Å²) in [6.07, 6.45) is 9.84. The van der Waals surface area contributed by atoms with Crippen LogP contribution in [0, 0.1) is 11.3 Å². The molecule has 3 aromatic heterocycles. The quantitative estimate of drug-likeness (QED) is 0.371. The average Bonchev–Trinajstić information content (AvgIpc) is 3.31. The van der Waals surface area contributed by atoms with Crippen LogP contribution in [0.2, 0.25) is 0 Å². The number of hydrogen-bond acceptors (Lipinski definition) is 9. The maximum Gasteiger partial charge on any atom is 0.177 e. The van der Waals surface area contributed by atoms with Crippen LogP contribution < -0.4 is 15.5 Å².